The summed E-state index contributed by atoms with van der Waals surface area (Å²) in [4.78, 5) is 34.0. The first kappa shape index (κ1) is 25.5. The standard InChI is InChI=1S/C20H17ClF6N4O3/c21-16(22)18(33)31(13-1-3-14(4-2-13)34-20(25,26)27)15(11-8-28-10-29-9-11)17(32)30-12-5-6-19(23,24)7-12/h1-4,8-10,12,15-16H,5-7H2,(H,30,32)/t12-,15-,16+/m1/s1. The van der Waals surface area contributed by atoms with Crippen LogP contribution in [0.5, 0.6) is 5.75 Å². The number of carbonyl (C=O) groups is 2. The molecule has 1 aliphatic rings. The maximum absolute atomic E-state index is 13.9. The quantitative estimate of drug-likeness (QED) is 0.444. The zero-order chi connectivity index (χ0) is 25.1. The minimum atomic E-state index is -4.98. The summed E-state index contributed by atoms with van der Waals surface area (Å²) < 4.78 is 82.3. The number of alkyl halides is 7. The molecule has 1 aromatic heterocycles. The van der Waals surface area contributed by atoms with Gasteiger partial charge in [-0.15, -0.1) is 13.2 Å². The zero-order valence-corrected chi connectivity index (χ0v) is 17.9. The maximum atomic E-state index is 13.9. The first-order valence-corrected chi connectivity index (χ1v) is 10.2. The smallest absolute Gasteiger partial charge is 0.406 e. The first-order valence-electron chi connectivity index (χ1n) is 9.76. The Morgan fingerprint density at radius 2 is 1.79 bits per heavy atom. The topological polar surface area (TPSA) is 84.4 Å². The summed E-state index contributed by atoms with van der Waals surface area (Å²) in [5.41, 5.74) is -2.88. The molecule has 184 valence electrons. The van der Waals surface area contributed by atoms with Crippen molar-refractivity contribution < 1.29 is 40.7 Å². The lowest BCUT2D eigenvalue weighted by Crippen LogP contribution is -2.48. The number of halogens is 7. The maximum Gasteiger partial charge on any atom is 0.573 e. The van der Waals surface area contributed by atoms with Gasteiger partial charge in [-0.1, -0.05) is 11.6 Å². The summed E-state index contributed by atoms with van der Waals surface area (Å²) >= 11 is 5.34. The van der Waals surface area contributed by atoms with E-state index in [0.29, 0.717) is 4.90 Å². The number of hydrogen-bond acceptors (Lipinski definition) is 5. The number of nitrogens with zero attached hydrogens (tertiary/aromatic N) is 3. The van der Waals surface area contributed by atoms with E-state index in [-0.39, 0.29) is 17.7 Å². The largest absolute Gasteiger partial charge is 0.573 e. The van der Waals surface area contributed by atoms with Crippen molar-refractivity contribution in [3.8, 4) is 5.75 Å². The van der Waals surface area contributed by atoms with Crippen LogP contribution >= 0.6 is 11.6 Å². The Morgan fingerprint density at radius 1 is 1.18 bits per heavy atom. The molecule has 3 rings (SSSR count). The molecule has 34 heavy (non-hydrogen) atoms. The van der Waals surface area contributed by atoms with E-state index in [1.807, 2.05) is 0 Å². The number of rotatable bonds is 7. The molecule has 1 fully saturated rings. The van der Waals surface area contributed by atoms with E-state index in [4.69, 9.17) is 11.6 Å². The zero-order valence-electron chi connectivity index (χ0n) is 17.1. The molecule has 0 bridgehead atoms. The highest BCUT2D eigenvalue weighted by molar-refractivity contribution is 6.32. The lowest BCUT2D eigenvalue weighted by molar-refractivity contribution is -0.274. The monoisotopic (exact) mass is 510 g/mol. The van der Waals surface area contributed by atoms with E-state index >= 15 is 0 Å². The van der Waals surface area contributed by atoms with Crippen LogP contribution in [0.15, 0.2) is 43.0 Å². The molecule has 0 aliphatic heterocycles. The molecule has 1 heterocycles. The molecule has 0 saturated heterocycles. The molecule has 0 unspecified atom stereocenters. The van der Waals surface area contributed by atoms with Crippen LogP contribution in [0.2, 0.25) is 0 Å². The molecule has 2 amide bonds. The van der Waals surface area contributed by atoms with Gasteiger partial charge in [0.2, 0.25) is 11.8 Å². The lowest BCUT2D eigenvalue weighted by Gasteiger charge is -2.32. The second-order valence-corrected chi connectivity index (χ2v) is 7.81. The third-order valence-corrected chi connectivity index (χ3v) is 5.11. The van der Waals surface area contributed by atoms with Gasteiger partial charge in [0.05, 0.1) is 0 Å². The van der Waals surface area contributed by atoms with Crippen molar-refractivity contribution in [2.45, 2.75) is 49.3 Å². The van der Waals surface area contributed by atoms with Gasteiger partial charge in [-0.25, -0.2) is 23.1 Å². The summed E-state index contributed by atoms with van der Waals surface area (Å²) in [5, 5.41) is 2.41. The molecule has 7 nitrogen and oxygen atoms in total. The van der Waals surface area contributed by atoms with Crippen molar-refractivity contribution in [2.75, 3.05) is 4.90 Å². The van der Waals surface area contributed by atoms with E-state index in [9.17, 15) is 35.9 Å². The Balaban J connectivity index is 1.99. The van der Waals surface area contributed by atoms with Gasteiger partial charge in [-0.3, -0.25) is 14.5 Å². The minimum Gasteiger partial charge on any atom is -0.406 e. The average molecular weight is 511 g/mol. The van der Waals surface area contributed by atoms with Gasteiger partial charge in [-0.2, -0.15) is 0 Å². The van der Waals surface area contributed by atoms with Crippen molar-refractivity contribution in [3.05, 3.63) is 48.5 Å². The van der Waals surface area contributed by atoms with Crippen molar-refractivity contribution in [1.29, 1.82) is 0 Å². The molecule has 1 saturated carbocycles. The van der Waals surface area contributed by atoms with E-state index in [1.165, 1.54) is 0 Å². The van der Waals surface area contributed by atoms with Gasteiger partial charge in [0.25, 0.3) is 11.5 Å². The van der Waals surface area contributed by atoms with E-state index in [1.54, 1.807) is 0 Å². The van der Waals surface area contributed by atoms with Gasteiger partial charge in [0, 0.05) is 42.5 Å². The van der Waals surface area contributed by atoms with Gasteiger partial charge in [-0.05, 0) is 30.7 Å². The number of hydrogen-bond donors (Lipinski definition) is 1. The van der Waals surface area contributed by atoms with Crippen LogP contribution in [0.3, 0.4) is 0 Å². The number of nitrogens with one attached hydrogen (secondary N) is 1. The van der Waals surface area contributed by atoms with Crippen LogP contribution in [0.25, 0.3) is 0 Å². The molecular weight excluding hydrogens is 494 g/mol. The van der Waals surface area contributed by atoms with Crippen molar-refractivity contribution in [3.63, 3.8) is 0 Å². The average Bonchev–Trinajstić information content (AvgIpc) is 3.09. The Bertz CT molecular complexity index is 1010. The molecule has 3 atom stereocenters. The van der Waals surface area contributed by atoms with Crippen LogP contribution in [0, 0.1) is 0 Å². The number of aromatic nitrogens is 2. The summed E-state index contributed by atoms with van der Waals surface area (Å²) in [7, 11) is 0. The van der Waals surface area contributed by atoms with Crippen molar-refractivity contribution in [1.82, 2.24) is 15.3 Å². The predicted molar refractivity (Wildman–Crippen MR) is 107 cm³/mol. The molecule has 0 spiro atoms. The normalized spacial score (nSPS) is 19.2. The minimum absolute atomic E-state index is 0.0222. The van der Waals surface area contributed by atoms with Crippen LogP contribution in [-0.4, -0.2) is 45.7 Å². The third-order valence-electron chi connectivity index (χ3n) is 4.93. The van der Waals surface area contributed by atoms with Crippen LogP contribution in [0.4, 0.5) is 32.0 Å². The Kier molecular flexibility index (Phi) is 7.54. The number of anilines is 1. The fourth-order valence-electron chi connectivity index (χ4n) is 3.54. The summed E-state index contributed by atoms with van der Waals surface area (Å²) in [5.74, 6) is -6.00. The number of carbonyl (C=O) groups excluding carboxylic acids is 2. The summed E-state index contributed by atoms with van der Waals surface area (Å²) in [6.45, 7) is 0. The Labute approximate surface area is 194 Å². The molecule has 14 heteroatoms. The fraction of sp³-hybridized carbons (Fsp3) is 0.400. The predicted octanol–water partition coefficient (Wildman–Crippen LogP) is 4.29. The van der Waals surface area contributed by atoms with E-state index < -0.39 is 60.4 Å². The number of ether oxygens (including phenoxy) is 1. The van der Waals surface area contributed by atoms with Gasteiger partial charge in [0.15, 0.2) is 0 Å². The van der Waals surface area contributed by atoms with Crippen LogP contribution < -0.4 is 15.0 Å². The van der Waals surface area contributed by atoms with Crippen molar-refractivity contribution in [2.24, 2.45) is 0 Å². The van der Waals surface area contributed by atoms with E-state index in [0.717, 1.165) is 43.0 Å². The molecule has 1 aromatic carbocycles. The summed E-state index contributed by atoms with van der Waals surface area (Å²) in [6.07, 6.45) is -2.69. The SMILES string of the molecule is O=C(N[C@@H]1CCC(F)(F)C1)[C@@H](c1cncnc1)N(C(=O)[C@H](F)Cl)c1ccc(OC(F)(F)F)cc1. The van der Waals surface area contributed by atoms with Crippen LogP contribution in [-0.2, 0) is 9.59 Å². The molecule has 0 radical (unpaired) electrons. The Hall–Kier alpha value is -3.09. The highest BCUT2D eigenvalue weighted by atomic mass is 35.5. The summed E-state index contributed by atoms with van der Waals surface area (Å²) in [6, 6.07) is 1.05. The first-order chi connectivity index (χ1) is 15.9. The van der Waals surface area contributed by atoms with Gasteiger partial charge in [0.1, 0.15) is 18.1 Å². The van der Waals surface area contributed by atoms with Crippen LogP contribution in [0.1, 0.15) is 30.9 Å². The number of amides is 2. The molecule has 2 aromatic rings. The number of benzene rings is 1. The molecular formula is C20H17ClF6N4O3. The highest BCUT2D eigenvalue weighted by Gasteiger charge is 2.42. The third kappa shape index (κ3) is 6.49. The van der Waals surface area contributed by atoms with E-state index in [2.05, 4.69) is 20.0 Å². The van der Waals surface area contributed by atoms with Gasteiger partial charge >= 0.3 is 6.36 Å². The second kappa shape index (κ2) is 10.0. The van der Waals surface area contributed by atoms with Crippen molar-refractivity contribution >= 4 is 29.1 Å². The fourth-order valence-corrected chi connectivity index (χ4v) is 3.65. The molecule has 1 N–H and O–H groups in total. The van der Waals surface area contributed by atoms with Gasteiger partial charge < -0.3 is 10.1 Å². The Morgan fingerprint density at radius 3 is 2.29 bits per heavy atom. The highest BCUT2D eigenvalue weighted by Crippen LogP contribution is 2.36. The second-order valence-electron chi connectivity index (χ2n) is 7.43. The molecule has 1 aliphatic carbocycles. The lowest BCUT2D eigenvalue weighted by atomic mass is 10.1.